The monoisotopic (exact) mass is 617 g/mol. The van der Waals surface area contributed by atoms with E-state index >= 15 is 0 Å². The Balaban J connectivity index is 1.31. The van der Waals surface area contributed by atoms with Crippen LogP contribution in [0.25, 0.3) is 11.1 Å². The highest BCUT2D eigenvalue weighted by atomic mass is 32.2. The van der Waals surface area contributed by atoms with Gasteiger partial charge < -0.3 is 15.2 Å². The Morgan fingerprint density at radius 2 is 1.64 bits per heavy atom. The molecule has 4 aromatic rings. The lowest BCUT2D eigenvalue weighted by Gasteiger charge is -2.16. The molecule has 12 heteroatoms. The van der Waals surface area contributed by atoms with Gasteiger partial charge in [-0.05, 0) is 42.0 Å². The van der Waals surface area contributed by atoms with Gasteiger partial charge in [-0.3, -0.25) is 14.4 Å². The van der Waals surface area contributed by atoms with Crippen molar-refractivity contribution in [2.75, 3.05) is 24.4 Å². The molecule has 0 spiro atoms. The fourth-order valence-corrected chi connectivity index (χ4v) is 5.91. The average molecular weight is 618 g/mol. The van der Waals surface area contributed by atoms with Gasteiger partial charge in [-0.1, -0.05) is 54.2 Å². The first-order valence-corrected chi connectivity index (χ1v) is 14.3. The number of para-hydroxylation sites is 1. The maximum Gasteiger partial charge on any atom is 0.338 e. The Kier molecular flexibility index (Phi) is 8.89. The van der Waals surface area contributed by atoms with E-state index in [0.717, 1.165) is 16.7 Å². The number of benzene rings is 3. The highest BCUT2D eigenvalue weighted by molar-refractivity contribution is 8.00. The SMILES string of the molecule is COc1ccccc1C(=O)COC(=O)c1ccc(N2C(=O)CC(Sc3nc(N)c(C#N)c(-c4ccccc4)c3C#N)C2=O)cc1. The van der Waals surface area contributed by atoms with Crippen LogP contribution in [0.5, 0.6) is 5.75 Å². The number of esters is 1. The molecule has 3 aromatic carbocycles. The second-order valence-electron chi connectivity index (χ2n) is 9.64. The largest absolute Gasteiger partial charge is 0.496 e. The predicted molar refractivity (Wildman–Crippen MR) is 164 cm³/mol. The zero-order valence-corrected chi connectivity index (χ0v) is 24.5. The maximum atomic E-state index is 13.4. The number of nitriles is 2. The van der Waals surface area contributed by atoms with Crippen LogP contribution in [0.4, 0.5) is 11.5 Å². The van der Waals surface area contributed by atoms with Crippen molar-refractivity contribution in [1.82, 2.24) is 4.98 Å². The zero-order valence-electron chi connectivity index (χ0n) is 23.7. The minimum absolute atomic E-state index is 0.0420. The number of nitrogens with two attached hydrogens (primary N) is 1. The standard InChI is InChI=1S/C33H23N5O6S/c1-43-26-10-6-5-9-22(26)25(39)18-44-33(42)20-11-13-21(14-12-20)38-28(40)15-27(32(38)41)45-31-24(17-35)29(19-7-3-2-4-8-19)23(16-34)30(36)37-31/h2-14,27H,15,18H2,1H3,(H2,36,37). The summed E-state index contributed by atoms with van der Waals surface area (Å²) in [6, 6.07) is 25.0. The van der Waals surface area contributed by atoms with Crippen molar-refractivity contribution in [3.8, 4) is 29.0 Å². The number of pyridine rings is 1. The third kappa shape index (κ3) is 6.09. The van der Waals surface area contributed by atoms with Crippen LogP contribution in [0.1, 0.15) is 38.3 Å². The van der Waals surface area contributed by atoms with E-state index in [2.05, 4.69) is 11.1 Å². The number of ketones is 1. The first-order chi connectivity index (χ1) is 21.8. The molecule has 0 aliphatic carbocycles. The van der Waals surface area contributed by atoms with Gasteiger partial charge in [0.05, 0.1) is 34.7 Å². The Morgan fingerprint density at radius 3 is 2.31 bits per heavy atom. The average Bonchev–Trinajstić information content (AvgIpc) is 3.35. The highest BCUT2D eigenvalue weighted by Gasteiger charge is 2.41. The Morgan fingerprint density at radius 1 is 0.978 bits per heavy atom. The lowest BCUT2D eigenvalue weighted by atomic mass is 9.97. The minimum atomic E-state index is -0.918. The van der Waals surface area contributed by atoms with Crippen molar-refractivity contribution in [3.63, 3.8) is 0 Å². The van der Waals surface area contributed by atoms with Crippen molar-refractivity contribution in [2.45, 2.75) is 16.7 Å². The highest BCUT2D eigenvalue weighted by Crippen LogP contribution is 2.40. The Hall–Kier alpha value is -5.98. The summed E-state index contributed by atoms with van der Waals surface area (Å²) < 4.78 is 10.3. The first kappa shape index (κ1) is 30.5. The number of nitrogen functional groups attached to an aromatic ring is 1. The van der Waals surface area contributed by atoms with Crippen LogP contribution in [0.2, 0.25) is 0 Å². The summed E-state index contributed by atoms with van der Waals surface area (Å²) in [6.07, 6.45) is -0.175. The number of amides is 2. The molecule has 0 radical (unpaired) electrons. The molecule has 45 heavy (non-hydrogen) atoms. The molecule has 1 unspecified atom stereocenters. The van der Waals surface area contributed by atoms with E-state index in [1.165, 1.54) is 31.4 Å². The third-order valence-corrected chi connectivity index (χ3v) is 8.11. The second-order valence-corrected chi connectivity index (χ2v) is 10.8. The topological polar surface area (TPSA) is 176 Å². The van der Waals surface area contributed by atoms with Gasteiger partial charge in [0.2, 0.25) is 17.6 Å². The maximum absolute atomic E-state index is 13.4. The quantitative estimate of drug-likeness (QED) is 0.158. The third-order valence-electron chi connectivity index (χ3n) is 6.94. The van der Waals surface area contributed by atoms with Gasteiger partial charge in [-0.2, -0.15) is 10.5 Å². The second kappa shape index (κ2) is 13.1. The summed E-state index contributed by atoms with van der Waals surface area (Å²) in [6.45, 7) is -0.506. The van der Waals surface area contributed by atoms with E-state index < -0.39 is 35.4 Å². The van der Waals surface area contributed by atoms with Crippen molar-refractivity contribution in [2.24, 2.45) is 0 Å². The number of imide groups is 1. The number of thioether (sulfide) groups is 1. The van der Waals surface area contributed by atoms with Crippen molar-refractivity contribution < 1.29 is 28.7 Å². The van der Waals surface area contributed by atoms with E-state index in [1.807, 2.05) is 6.07 Å². The van der Waals surface area contributed by atoms with E-state index in [1.54, 1.807) is 54.6 Å². The Bertz CT molecular complexity index is 1920. The first-order valence-electron chi connectivity index (χ1n) is 13.4. The minimum Gasteiger partial charge on any atom is -0.496 e. The summed E-state index contributed by atoms with van der Waals surface area (Å²) in [4.78, 5) is 56.7. The van der Waals surface area contributed by atoms with E-state index in [-0.39, 0.29) is 45.2 Å². The molecule has 0 bridgehead atoms. The van der Waals surface area contributed by atoms with Gasteiger partial charge in [0.15, 0.2) is 6.61 Å². The molecule has 0 saturated carbocycles. The van der Waals surface area contributed by atoms with Crippen molar-refractivity contribution in [1.29, 1.82) is 10.5 Å². The molecular formula is C33H23N5O6S. The number of rotatable bonds is 9. The summed E-state index contributed by atoms with van der Waals surface area (Å²) in [5, 5.41) is 19.0. The van der Waals surface area contributed by atoms with Crippen LogP contribution >= 0.6 is 11.8 Å². The smallest absolute Gasteiger partial charge is 0.338 e. The molecule has 222 valence electrons. The zero-order chi connectivity index (χ0) is 32.1. The van der Waals surface area contributed by atoms with Crippen LogP contribution in [0.3, 0.4) is 0 Å². The van der Waals surface area contributed by atoms with Crippen LogP contribution < -0.4 is 15.4 Å². The number of carbonyl (C=O) groups excluding carboxylic acids is 4. The van der Waals surface area contributed by atoms with Crippen LogP contribution in [-0.4, -0.2) is 47.5 Å². The number of ether oxygens (including phenoxy) is 2. The van der Waals surface area contributed by atoms with Gasteiger partial charge in [-0.25, -0.2) is 14.7 Å². The molecule has 1 saturated heterocycles. The van der Waals surface area contributed by atoms with E-state index in [0.29, 0.717) is 16.9 Å². The Labute approximate surface area is 261 Å². The predicted octanol–water partition coefficient (Wildman–Crippen LogP) is 4.55. The van der Waals surface area contributed by atoms with Crippen molar-refractivity contribution >= 4 is 46.8 Å². The van der Waals surface area contributed by atoms with Gasteiger partial charge in [0.25, 0.3) is 0 Å². The molecule has 2 N–H and O–H groups in total. The number of methoxy groups -OCH3 is 1. The fraction of sp³-hybridized carbons (Fsp3) is 0.121. The molecule has 1 fully saturated rings. The van der Waals surface area contributed by atoms with Gasteiger partial charge in [-0.15, -0.1) is 0 Å². The molecular weight excluding hydrogens is 594 g/mol. The molecule has 11 nitrogen and oxygen atoms in total. The molecule has 1 atom stereocenters. The lowest BCUT2D eigenvalue weighted by molar-refractivity contribution is -0.121. The molecule has 2 amide bonds. The van der Waals surface area contributed by atoms with E-state index in [4.69, 9.17) is 15.2 Å². The van der Waals surface area contributed by atoms with E-state index in [9.17, 15) is 29.7 Å². The van der Waals surface area contributed by atoms with Gasteiger partial charge in [0.1, 0.15) is 34.3 Å². The van der Waals surface area contributed by atoms with Gasteiger partial charge in [0, 0.05) is 12.0 Å². The summed E-state index contributed by atoms with van der Waals surface area (Å²) in [5.74, 6) is -1.98. The van der Waals surface area contributed by atoms with Gasteiger partial charge >= 0.3 is 5.97 Å². The summed E-state index contributed by atoms with van der Waals surface area (Å²) in [7, 11) is 1.43. The number of nitrogens with zero attached hydrogens (tertiary/aromatic N) is 4. The molecule has 5 rings (SSSR count). The number of Topliss-reactive ketones (excluding diaryl/α,β-unsaturated/α-hetero) is 1. The summed E-state index contributed by atoms with van der Waals surface area (Å²) in [5.41, 5.74) is 7.70. The molecule has 1 aromatic heterocycles. The number of hydrogen-bond acceptors (Lipinski definition) is 11. The number of anilines is 2. The molecule has 1 aliphatic rings. The van der Waals surface area contributed by atoms with Crippen LogP contribution in [0, 0.1) is 22.7 Å². The van der Waals surface area contributed by atoms with Crippen LogP contribution in [-0.2, 0) is 14.3 Å². The molecule has 1 aliphatic heterocycles. The number of carbonyl (C=O) groups is 4. The molecule has 2 heterocycles. The van der Waals surface area contributed by atoms with Crippen molar-refractivity contribution in [3.05, 3.63) is 101 Å². The number of hydrogen-bond donors (Lipinski definition) is 1. The lowest BCUT2D eigenvalue weighted by Crippen LogP contribution is -2.31. The number of aromatic nitrogens is 1. The normalized spacial score (nSPS) is 14.0. The summed E-state index contributed by atoms with van der Waals surface area (Å²) >= 11 is 0.923. The fourth-order valence-electron chi connectivity index (χ4n) is 4.79. The van der Waals surface area contributed by atoms with Crippen LogP contribution in [0.15, 0.2) is 83.9 Å².